The lowest BCUT2D eigenvalue weighted by atomic mass is 10.1. The van der Waals surface area contributed by atoms with Gasteiger partial charge in [-0.3, -0.25) is 9.89 Å². The van der Waals surface area contributed by atoms with Gasteiger partial charge in [-0.2, -0.15) is 0 Å². The van der Waals surface area contributed by atoms with E-state index >= 15 is 0 Å². The number of benzene rings is 1. The quantitative estimate of drug-likeness (QED) is 0.316. The van der Waals surface area contributed by atoms with Crippen LogP contribution >= 0.6 is 35.6 Å². The van der Waals surface area contributed by atoms with Gasteiger partial charge in [0.15, 0.2) is 5.96 Å². The van der Waals surface area contributed by atoms with Gasteiger partial charge in [0, 0.05) is 62.4 Å². The highest BCUT2D eigenvalue weighted by atomic mass is 127. The number of piperazine rings is 1. The standard InChI is InChI=1S/C18H29ClFN5O2S.HI/c1-18(2,23-28(4,26)27)13-22-17(21-3)25-10-8-24(9-11-25)12-14-15(19)6-5-7-16(14)20;/h5-7,23H,8-13H2,1-4H3,(H,21,22);1H. The molecular weight excluding hydrogens is 532 g/mol. The average molecular weight is 562 g/mol. The fraction of sp³-hybridized carbons (Fsp3) is 0.611. The lowest BCUT2D eigenvalue weighted by Crippen LogP contribution is -2.56. The zero-order valence-electron chi connectivity index (χ0n) is 17.2. The fourth-order valence-electron chi connectivity index (χ4n) is 3.20. The van der Waals surface area contributed by atoms with Gasteiger partial charge in [0.1, 0.15) is 5.82 Å². The second kappa shape index (κ2) is 11.1. The number of sulfonamides is 1. The van der Waals surface area contributed by atoms with Crippen molar-refractivity contribution >= 4 is 51.6 Å². The number of aliphatic imine (C=N–C) groups is 1. The average Bonchev–Trinajstić information content (AvgIpc) is 2.58. The van der Waals surface area contributed by atoms with Crippen LogP contribution in [0.3, 0.4) is 0 Å². The molecule has 2 N–H and O–H groups in total. The molecule has 0 saturated carbocycles. The first-order valence-corrected chi connectivity index (χ1v) is 11.4. The second-order valence-corrected chi connectivity index (χ2v) is 9.78. The molecule has 0 atom stereocenters. The van der Waals surface area contributed by atoms with Crippen LogP contribution in [0.4, 0.5) is 4.39 Å². The van der Waals surface area contributed by atoms with E-state index in [9.17, 15) is 12.8 Å². The minimum absolute atomic E-state index is 0. The number of hydrogen-bond donors (Lipinski definition) is 2. The number of halogens is 3. The third-order valence-electron chi connectivity index (χ3n) is 4.48. The monoisotopic (exact) mass is 561 g/mol. The molecule has 0 unspecified atom stereocenters. The highest BCUT2D eigenvalue weighted by Crippen LogP contribution is 2.21. The summed E-state index contributed by atoms with van der Waals surface area (Å²) in [6, 6.07) is 4.73. The Morgan fingerprint density at radius 1 is 1.28 bits per heavy atom. The molecule has 0 radical (unpaired) electrons. The number of nitrogens with one attached hydrogen (secondary N) is 2. The van der Waals surface area contributed by atoms with E-state index in [2.05, 4.69) is 24.8 Å². The summed E-state index contributed by atoms with van der Waals surface area (Å²) >= 11 is 6.13. The molecule has 1 aromatic rings. The Hall–Kier alpha value is -0.690. The van der Waals surface area contributed by atoms with E-state index in [0.29, 0.717) is 29.6 Å². The highest BCUT2D eigenvalue weighted by molar-refractivity contribution is 14.0. The normalized spacial score (nSPS) is 16.5. The molecule has 1 heterocycles. The number of nitrogens with zero attached hydrogens (tertiary/aromatic N) is 3. The van der Waals surface area contributed by atoms with E-state index in [0.717, 1.165) is 32.4 Å². The predicted molar refractivity (Wildman–Crippen MR) is 127 cm³/mol. The molecule has 0 amide bonds. The van der Waals surface area contributed by atoms with Crippen LogP contribution in [0.25, 0.3) is 0 Å². The molecule has 1 fully saturated rings. The lowest BCUT2D eigenvalue weighted by Gasteiger charge is -2.37. The van der Waals surface area contributed by atoms with E-state index in [1.54, 1.807) is 19.2 Å². The predicted octanol–water partition coefficient (Wildman–Crippen LogP) is 2.12. The molecule has 1 aliphatic rings. The van der Waals surface area contributed by atoms with Crippen molar-refractivity contribution in [3.8, 4) is 0 Å². The highest BCUT2D eigenvalue weighted by Gasteiger charge is 2.25. The van der Waals surface area contributed by atoms with Gasteiger partial charge in [-0.15, -0.1) is 24.0 Å². The molecule has 166 valence electrons. The van der Waals surface area contributed by atoms with E-state index in [4.69, 9.17) is 11.6 Å². The number of rotatable bonds is 6. The van der Waals surface area contributed by atoms with Crippen LogP contribution in [0.1, 0.15) is 19.4 Å². The molecule has 0 aromatic heterocycles. The van der Waals surface area contributed by atoms with Crippen molar-refractivity contribution in [1.82, 2.24) is 19.8 Å². The van der Waals surface area contributed by atoms with Gasteiger partial charge in [-0.05, 0) is 26.0 Å². The van der Waals surface area contributed by atoms with Crippen LogP contribution in [0.5, 0.6) is 0 Å². The van der Waals surface area contributed by atoms with Gasteiger partial charge in [-0.25, -0.2) is 17.5 Å². The van der Waals surface area contributed by atoms with Gasteiger partial charge in [-0.1, -0.05) is 17.7 Å². The van der Waals surface area contributed by atoms with E-state index in [-0.39, 0.29) is 29.8 Å². The van der Waals surface area contributed by atoms with Gasteiger partial charge < -0.3 is 10.2 Å². The zero-order valence-corrected chi connectivity index (χ0v) is 21.1. The summed E-state index contributed by atoms with van der Waals surface area (Å²) in [5.41, 5.74) is -0.124. The SMILES string of the molecule is CN=C(NCC(C)(C)NS(C)(=O)=O)N1CCN(Cc2c(F)cccc2Cl)CC1.I. The molecule has 2 rings (SSSR count). The number of guanidine groups is 1. The molecule has 7 nitrogen and oxygen atoms in total. The Bertz CT molecular complexity index is 794. The van der Waals surface area contributed by atoms with Gasteiger partial charge in [0.05, 0.1) is 6.26 Å². The van der Waals surface area contributed by atoms with Gasteiger partial charge in [0.25, 0.3) is 0 Å². The Balaban J connectivity index is 0.00000420. The molecule has 1 aliphatic heterocycles. The van der Waals surface area contributed by atoms with Crippen LogP contribution in [-0.4, -0.2) is 75.7 Å². The minimum atomic E-state index is -3.30. The third-order valence-corrected chi connectivity index (χ3v) is 5.75. The van der Waals surface area contributed by atoms with Crippen molar-refractivity contribution in [2.24, 2.45) is 4.99 Å². The van der Waals surface area contributed by atoms with Gasteiger partial charge >= 0.3 is 0 Å². The molecule has 0 bridgehead atoms. The molecule has 1 saturated heterocycles. The summed E-state index contributed by atoms with van der Waals surface area (Å²) in [6.45, 7) is 7.44. The Morgan fingerprint density at radius 2 is 1.90 bits per heavy atom. The molecule has 11 heteroatoms. The second-order valence-electron chi connectivity index (χ2n) is 7.62. The Kier molecular flexibility index (Phi) is 10.1. The van der Waals surface area contributed by atoms with E-state index in [1.807, 2.05) is 13.8 Å². The first kappa shape index (κ1) is 26.3. The zero-order chi connectivity index (χ0) is 20.9. The summed E-state index contributed by atoms with van der Waals surface area (Å²) in [5.74, 6) is 0.431. The Morgan fingerprint density at radius 3 is 2.41 bits per heavy atom. The fourth-order valence-corrected chi connectivity index (χ4v) is 4.49. The lowest BCUT2D eigenvalue weighted by molar-refractivity contribution is 0.170. The minimum Gasteiger partial charge on any atom is -0.354 e. The largest absolute Gasteiger partial charge is 0.354 e. The van der Waals surface area contributed by atoms with Crippen LogP contribution in [0.15, 0.2) is 23.2 Å². The maximum atomic E-state index is 14.0. The smallest absolute Gasteiger partial charge is 0.209 e. The van der Waals surface area contributed by atoms with Crippen molar-refractivity contribution in [2.45, 2.75) is 25.9 Å². The van der Waals surface area contributed by atoms with Crippen LogP contribution < -0.4 is 10.0 Å². The van der Waals surface area contributed by atoms with Crippen LogP contribution in [0, 0.1) is 5.82 Å². The van der Waals surface area contributed by atoms with Gasteiger partial charge in [0.2, 0.25) is 10.0 Å². The van der Waals surface area contributed by atoms with Crippen molar-refractivity contribution in [1.29, 1.82) is 0 Å². The summed E-state index contributed by atoms with van der Waals surface area (Å²) < 4.78 is 39.5. The molecule has 1 aromatic carbocycles. The molecule has 0 spiro atoms. The topological polar surface area (TPSA) is 77.0 Å². The van der Waals surface area contributed by atoms with Crippen molar-refractivity contribution in [3.05, 3.63) is 34.6 Å². The summed E-state index contributed by atoms with van der Waals surface area (Å²) in [4.78, 5) is 8.57. The first-order chi connectivity index (χ1) is 13.0. The number of hydrogen-bond acceptors (Lipinski definition) is 4. The van der Waals surface area contributed by atoms with Crippen LogP contribution in [-0.2, 0) is 16.6 Å². The van der Waals surface area contributed by atoms with E-state index in [1.165, 1.54) is 6.07 Å². The molecule has 0 aliphatic carbocycles. The van der Waals surface area contributed by atoms with Crippen LogP contribution in [0.2, 0.25) is 5.02 Å². The van der Waals surface area contributed by atoms with Crippen molar-refractivity contribution in [3.63, 3.8) is 0 Å². The third kappa shape index (κ3) is 8.52. The maximum Gasteiger partial charge on any atom is 0.209 e. The summed E-state index contributed by atoms with van der Waals surface area (Å²) in [5, 5.41) is 3.68. The summed E-state index contributed by atoms with van der Waals surface area (Å²) in [7, 11) is -1.60. The molecule has 29 heavy (non-hydrogen) atoms. The Labute approximate surface area is 195 Å². The molecular formula is C18H30ClFIN5O2S. The van der Waals surface area contributed by atoms with Crippen molar-refractivity contribution < 1.29 is 12.8 Å². The summed E-state index contributed by atoms with van der Waals surface area (Å²) in [6.07, 6.45) is 1.14. The first-order valence-electron chi connectivity index (χ1n) is 9.10. The van der Waals surface area contributed by atoms with E-state index < -0.39 is 15.6 Å². The van der Waals surface area contributed by atoms with Crippen molar-refractivity contribution in [2.75, 3.05) is 46.0 Å². The maximum absolute atomic E-state index is 14.0.